The lowest BCUT2D eigenvalue weighted by molar-refractivity contribution is -0.140. The van der Waals surface area contributed by atoms with Crippen molar-refractivity contribution in [3.63, 3.8) is 0 Å². The number of hydrogen-bond acceptors (Lipinski definition) is 1. The van der Waals surface area contributed by atoms with Gasteiger partial charge in [0.2, 0.25) is 0 Å². The molecule has 0 saturated heterocycles. The van der Waals surface area contributed by atoms with Crippen LogP contribution in [0.2, 0.25) is 0 Å². The maximum atomic E-state index is 10.5. The molecule has 0 fully saturated rings. The first-order valence-corrected chi connectivity index (χ1v) is 3.80. The van der Waals surface area contributed by atoms with Crippen molar-refractivity contribution in [2.75, 3.05) is 0 Å². The Morgan fingerprint density at radius 2 is 2.55 bits per heavy atom. The number of allylic oxidation sites excluding steroid dienone is 2. The second-order valence-corrected chi connectivity index (χ2v) is 2.78. The normalized spacial score (nSPS) is 24.0. The van der Waals surface area contributed by atoms with Crippen molar-refractivity contribution in [2.45, 2.75) is 19.3 Å². The smallest absolute Gasteiger partial charge is 0.310 e. The van der Waals surface area contributed by atoms with Crippen LogP contribution in [0.25, 0.3) is 0 Å². The molecular formula is C9H12O2. The summed E-state index contributed by atoms with van der Waals surface area (Å²) in [7, 11) is 0. The van der Waals surface area contributed by atoms with Crippen LogP contribution in [0.5, 0.6) is 0 Å². The van der Waals surface area contributed by atoms with Crippen LogP contribution in [0.3, 0.4) is 0 Å². The van der Waals surface area contributed by atoms with Gasteiger partial charge in [-0.3, -0.25) is 4.79 Å². The molecule has 1 rings (SSSR count). The van der Waals surface area contributed by atoms with Gasteiger partial charge < -0.3 is 5.11 Å². The number of rotatable bonds is 2. The van der Waals surface area contributed by atoms with Gasteiger partial charge in [0, 0.05) is 0 Å². The minimum Gasteiger partial charge on any atom is -0.481 e. The quantitative estimate of drug-likeness (QED) is 0.657. The SMILES string of the molecule is C=CC1=CC(C(=O)O)CCC1. The van der Waals surface area contributed by atoms with E-state index in [9.17, 15) is 4.79 Å². The largest absolute Gasteiger partial charge is 0.481 e. The van der Waals surface area contributed by atoms with E-state index in [0.717, 1.165) is 24.8 Å². The second-order valence-electron chi connectivity index (χ2n) is 2.78. The fraction of sp³-hybridized carbons (Fsp3) is 0.444. The standard InChI is InChI=1S/C9H12O2/c1-2-7-4-3-5-8(6-7)9(10)11/h2,6,8H,1,3-5H2,(H,10,11). The summed E-state index contributed by atoms with van der Waals surface area (Å²) in [6.45, 7) is 3.62. The van der Waals surface area contributed by atoms with E-state index in [-0.39, 0.29) is 5.92 Å². The average Bonchev–Trinajstić information content (AvgIpc) is 2.05. The molecule has 0 aliphatic heterocycles. The highest BCUT2D eigenvalue weighted by atomic mass is 16.4. The van der Waals surface area contributed by atoms with Crippen LogP contribution in [0.4, 0.5) is 0 Å². The van der Waals surface area contributed by atoms with Gasteiger partial charge in [0.15, 0.2) is 0 Å². The summed E-state index contributed by atoms with van der Waals surface area (Å²) in [5.74, 6) is -0.999. The Morgan fingerprint density at radius 3 is 3.09 bits per heavy atom. The fourth-order valence-electron chi connectivity index (χ4n) is 1.32. The summed E-state index contributed by atoms with van der Waals surface area (Å²) in [4.78, 5) is 10.5. The van der Waals surface area contributed by atoms with Gasteiger partial charge in [0.05, 0.1) is 5.92 Å². The van der Waals surface area contributed by atoms with Gasteiger partial charge in [-0.25, -0.2) is 0 Å². The molecule has 1 aliphatic rings. The molecule has 11 heavy (non-hydrogen) atoms. The lowest BCUT2D eigenvalue weighted by Gasteiger charge is -2.15. The van der Waals surface area contributed by atoms with Gasteiger partial charge in [-0.2, -0.15) is 0 Å². The Labute approximate surface area is 66.2 Å². The molecule has 0 amide bonds. The number of carboxylic acid groups (broad SMARTS) is 1. The van der Waals surface area contributed by atoms with Crippen LogP contribution >= 0.6 is 0 Å². The Kier molecular flexibility index (Phi) is 2.47. The van der Waals surface area contributed by atoms with E-state index < -0.39 is 5.97 Å². The highest BCUT2D eigenvalue weighted by Gasteiger charge is 2.17. The molecule has 1 atom stereocenters. The molecule has 0 radical (unpaired) electrons. The Hall–Kier alpha value is -1.05. The van der Waals surface area contributed by atoms with Crippen molar-refractivity contribution < 1.29 is 9.90 Å². The van der Waals surface area contributed by atoms with Crippen LogP contribution < -0.4 is 0 Å². The summed E-state index contributed by atoms with van der Waals surface area (Å²) in [5, 5.41) is 8.67. The van der Waals surface area contributed by atoms with Gasteiger partial charge in [-0.05, 0) is 19.3 Å². The Balaban J connectivity index is 2.70. The van der Waals surface area contributed by atoms with Crippen molar-refractivity contribution in [1.82, 2.24) is 0 Å². The van der Waals surface area contributed by atoms with Crippen LogP contribution in [-0.4, -0.2) is 11.1 Å². The summed E-state index contributed by atoms with van der Waals surface area (Å²) >= 11 is 0. The molecular weight excluding hydrogens is 140 g/mol. The maximum absolute atomic E-state index is 10.5. The van der Waals surface area contributed by atoms with E-state index in [1.807, 2.05) is 0 Å². The van der Waals surface area contributed by atoms with Crippen LogP contribution in [0.1, 0.15) is 19.3 Å². The molecule has 1 unspecified atom stereocenters. The number of carboxylic acids is 1. The highest BCUT2D eigenvalue weighted by Crippen LogP contribution is 2.23. The van der Waals surface area contributed by atoms with Crippen LogP contribution in [0.15, 0.2) is 24.3 Å². The third-order valence-electron chi connectivity index (χ3n) is 1.98. The van der Waals surface area contributed by atoms with E-state index in [1.54, 1.807) is 12.2 Å². The van der Waals surface area contributed by atoms with Crippen LogP contribution in [0, 0.1) is 5.92 Å². The summed E-state index contributed by atoms with van der Waals surface area (Å²) < 4.78 is 0. The monoisotopic (exact) mass is 152 g/mol. The predicted octanol–water partition coefficient (Wildman–Crippen LogP) is 1.98. The topological polar surface area (TPSA) is 37.3 Å². The zero-order chi connectivity index (χ0) is 8.27. The molecule has 2 heteroatoms. The van der Waals surface area contributed by atoms with E-state index in [4.69, 9.17) is 5.11 Å². The minimum atomic E-state index is -0.718. The number of hydrogen-bond donors (Lipinski definition) is 1. The zero-order valence-corrected chi connectivity index (χ0v) is 6.42. The number of aliphatic carboxylic acids is 1. The predicted molar refractivity (Wildman–Crippen MR) is 43.3 cm³/mol. The lowest BCUT2D eigenvalue weighted by atomic mass is 9.91. The number of carbonyl (C=O) groups is 1. The van der Waals surface area contributed by atoms with Crippen molar-refractivity contribution in [1.29, 1.82) is 0 Å². The first-order chi connectivity index (χ1) is 5.24. The van der Waals surface area contributed by atoms with Gasteiger partial charge in [-0.15, -0.1) is 0 Å². The average molecular weight is 152 g/mol. The third-order valence-corrected chi connectivity index (χ3v) is 1.98. The van der Waals surface area contributed by atoms with Crippen molar-refractivity contribution >= 4 is 5.97 Å². The summed E-state index contributed by atoms with van der Waals surface area (Å²) in [6, 6.07) is 0. The molecule has 0 aromatic rings. The molecule has 0 saturated carbocycles. The van der Waals surface area contributed by atoms with E-state index in [1.165, 1.54) is 0 Å². The van der Waals surface area contributed by atoms with Crippen molar-refractivity contribution in [2.24, 2.45) is 5.92 Å². The fourth-order valence-corrected chi connectivity index (χ4v) is 1.32. The molecule has 1 N–H and O–H groups in total. The van der Waals surface area contributed by atoms with E-state index in [0.29, 0.717) is 0 Å². The second kappa shape index (κ2) is 3.37. The zero-order valence-electron chi connectivity index (χ0n) is 6.42. The summed E-state index contributed by atoms with van der Waals surface area (Å²) in [5.41, 5.74) is 1.07. The Morgan fingerprint density at radius 1 is 1.82 bits per heavy atom. The van der Waals surface area contributed by atoms with Crippen LogP contribution in [-0.2, 0) is 4.79 Å². The third kappa shape index (κ3) is 1.93. The van der Waals surface area contributed by atoms with Gasteiger partial charge in [-0.1, -0.05) is 24.3 Å². The van der Waals surface area contributed by atoms with Crippen molar-refractivity contribution in [3.8, 4) is 0 Å². The summed E-state index contributed by atoms with van der Waals surface area (Å²) in [6.07, 6.45) is 6.27. The van der Waals surface area contributed by atoms with Gasteiger partial charge in [0.1, 0.15) is 0 Å². The first kappa shape index (κ1) is 8.05. The van der Waals surface area contributed by atoms with Gasteiger partial charge >= 0.3 is 5.97 Å². The molecule has 2 nitrogen and oxygen atoms in total. The molecule has 0 heterocycles. The molecule has 0 aromatic heterocycles. The Bertz CT molecular complexity index is 204. The first-order valence-electron chi connectivity index (χ1n) is 3.80. The highest BCUT2D eigenvalue weighted by molar-refractivity contribution is 5.72. The molecule has 0 aromatic carbocycles. The molecule has 60 valence electrons. The molecule has 0 bridgehead atoms. The van der Waals surface area contributed by atoms with Crippen molar-refractivity contribution in [3.05, 3.63) is 24.3 Å². The molecule has 0 spiro atoms. The van der Waals surface area contributed by atoms with Gasteiger partial charge in [0.25, 0.3) is 0 Å². The van der Waals surface area contributed by atoms with E-state index >= 15 is 0 Å². The minimum absolute atomic E-state index is 0.281. The maximum Gasteiger partial charge on any atom is 0.310 e. The van der Waals surface area contributed by atoms with E-state index in [2.05, 4.69) is 6.58 Å². The lowest BCUT2D eigenvalue weighted by Crippen LogP contribution is -2.14. The molecule has 1 aliphatic carbocycles.